The van der Waals surface area contributed by atoms with Crippen LogP contribution in [0.15, 0.2) is 28.0 Å². The fourth-order valence-electron chi connectivity index (χ4n) is 2.84. The molecule has 28 heavy (non-hydrogen) atoms. The Morgan fingerprint density at radius 1 is 1.18 bits per heavy atom. The van der Waals surface area contributed by atoms with E-state index in [-0.39, 0.29) is 13.1 Å². The van der Waals surface area contributed by atoms with E-state index in [4.69, 9.17) is 5.14 Å². The van der Waals surface area contributed by atoms with Gasteiger partial charge in [0.25, 0.3) is 9.84 Å². The monoisotopic (exact) mass is 451 g/mol. The Morgan fingerprint density at radius 3 is 2.29 bits per heavy atom. The van der Waals surface area contributed by atoms with Crippen molar-refractivity contribution in [1.82, 2.24) is 4.90 Å². The lowest BCUT2D eigenvalue weighted by Crippen LogP contribution is -2.38. The average molecular weight is 451 g/mol. The molecule has 1 aliphatic heterocycles. The minimum atomic E-state index is -5.89. The Kier molecular flexibility index (Phi) is 6.57. The van der Waals surface area contributed by atoms with E-state index in [0.717, 1.165) is 12.1 Å². The molecule has 1 atom stereocenters. The Hall–Kier alpha value is -1.51. The molecular formula is C14H18F5N3O4S2. The zero-order valence-electron chi connectivity index (χ0n) is 14.3. The number of sulfonamides is 1. The molecule has 0 spiro atoms. The fraction of sp³-hybridized carbons (Fsp3) is 0.571. The van der Waals surface area contributed by atoms with Crippen LogP contribution in [0.5, 0.6) is 0 Å². The van der Waals surface area contributed by atoms with Crippen molar-refractivity contribution in [2.24, 2.45) is 5.14 Å². The van der Waals surface area contributed by atoms with Crippen molar-refractivity contribution >= 4 is 25.5 Å². The summed E-state index contributed by atoms with van der Waals surface area (Å²) in [5.41, 5.74) is -6.15. The number of likely N-dealkylation sites (tertiary alicyclic amines) is 1. The number of benzene rings is 1. The van der Waals surface area contributed by atoms with Crippen LogP contribution in [-0.2, 0) is 19.9 Å². The van der Waals surface area contributed by atoms with Gasteiger partial charge >= 0.3 is 5.51 Å². The smallest absolute Gasteiger partial charge is 0.380 e. The number of hydrogen-bond acceptors (Lipinski definition) is 6. The van der Waals surface area contributed by atoms with Gasteiger partial charge < -0.3 is 5.32 Å². The van der Waals surface area contributed by atoms with Crippen LogP contribution < -0.4 is 10.5 Å². The molecule has 1 saturated heterocycles. The number of sulfone groups is 1. The van der Waals surface area contributed by atoms with E-state index in [9.17, 15) is 38.8 Å². The van der Waals surface area contributed by atoms with Crippen LogP contribution in [0.25, 0.3) is 0 Å². The van der Waals surface area contributed by atoms with E-state index >= 15 is 0 Å². The summed E-state index contributed by atoms with van der Waals surface area (Å²) in [6.45, 7) is -1.56. The van der Waals surface area contributed by atoms with Gasteiger partial charge in [-0.1, -0.05) is 0 Å². The van der Waals surface area contributed by atoms with Crippen molar-refractivity contribution in [2.45, 2.75) is 33.8 Å². The number of alkyl halides is 5. The number of nitrogens with one attached hydrogen (secondary N) is 1. The SMILES string of the molecule is NS(=O)(=O)c1ccc(N[C@@H]2CCN(C(CF)CF)C2)c(S(=O)(=O)C(F)(F)F)c1. The Balaban J connectivity index is 2.40. The predicted molar refractivity (Wildman–Crippen MR) is 90.4 cm³/mol. The molecule has 0 aliphatic carbocycles. The third-order valence-electron chi connectivity index (χ3n) is 4.33. The lowest BCUT2D eigenvalue weighted by Gasteiger charge is -2.23. The molecule has 0 aromatic heterocycles. The zero-order valence-corrected chi connectivity index (χ0v) is 15.9. The van der Waals surface area contributed by atoms with Gasteiger partial charge in [0, 0.05) is 19.1 Å². The number of rotatable bonds is 7. The van der Waals surface area contributed by atoms with E-state index in [1.165, 1.54) is 4.90 Å². The molecule has 0 amide bonds. The second kappa shape index (κ2) is 8.08. The summed E-state index contributed by atoms with van der Waals surface area (Å²) in [7, 11) is -10.3. The molecule has 1 aromatic carbocycles. The molecule has 0 bridgehead atoms. The van der Waals surface area contributed by atoms with Crippen LogP contribution in [0.4, 0.5) is 27.6 Å². The molecule has 3 N–H and O–H groups in total. The molecule has 1 fully saturated rings. The zero-order chi connectivity index (χ0) is 21.3. The fourth-order valence-corrected chi connectivity index (χ4v) is 4.40. The predicted octanol–water partition coefficient (Wildman–Crippen LogP) is 1.42. The molecule has 0 saturated carbocycles. The van der Waals surface area contributed by atoms with E-state index in [0.29, 0.717) is 12.5 Å². The Labute approximate surface area is 158 Å². The van der Waals surface area contributed by atoms with E-state index in [1.54, 1.807) is 0 Å². The van der Waals surface area contributed by atoms with Crippen molar-refractivity contribution in [3.8, 4) is 0 Å². The molecule has 160 valence electrons. The largest absolute Gasteiger partial charge is 0.501 e. The van der Waals surface area contributed by atoms with E-state index < -0.39 is 66.3 Å². The third kappa shape index (κ3) is 4.72. The first-order valence-electron chi connectivity index (χ1n) is 7.92. The van der Waals surface area contributed by atoms with Crippen LogP contribution in [0.1, 0.15) is 6.42 Å². The highest BCUT2D eigenvalue weighted by Crippen LogP contribution is 2.36. The summed E-state index contributed by atoms with van der Waals surface area (Å²) in [4.78, 5) is -0.643. The second-order valence-corrected chi connectivity index (χ2v) is 9.71. The number of hydrogen-bond donors (Lipinski definition) is 2. The van der Waals surface area contributed by atoms with Gasteiger partial charge in [-0.15, -0.1) is 0 Å². The van der Waals surface area contributed by atoms with Crippen molar-refractivity contribution in [3.63, 3.8) is 0 Å². The summed E-state index contributed by atoms with van der Waals surface area (Å²) in [5.74, 6) is 0. The topological polar surface area (TPSA) is 110 Å². The van der Waals surface area contributed by atoms with Crippen LogP contribution in [-0.4, -0.2) is 65.8 Å². The Morgan fingerprint density at radius 2 is 1.79 bits per heavy atom. The lowest BCUT2D eigenvalue weighted by molar-refractivity contribution is -0.0435. The number of nitrogens with two attached hydrogens (primary N) is 1. The molecule has 0 radical (unpaired) electrons. The highest BCUT2D eigenvalue weighted by atomic mass is 32.2. The van der Waals surface area contributed by atoms with Gasteiger partial charge in [-0.2, -0.15) is 13.2 Å². The van der Waals surface area contributed by atoms with Crippen molar-refractivity contribution in [1.29, 1.82) is 0 Å². The van der Waals surface area contributed by atoms with Crippen LogP contribution in [0.2, 0.25) is 0 Å². The molecule has 1 aliphatic rings. The summed E-state index contributed by atoms with van der Waals surface area (Å²) in [5, 5.41) is 7.47. The minimum absolute atomic E-state index is 0.0704. The normalized spacial score (nSPS) is 19.3. The second-order valence-electron chi connectivity index (χ2n) is 6.24. The highest BCUT2D eigenvalue weighted by molar-refractivity contribution is 7.92. The van der Waals surface area contributed by atoms with Gasteiger partial charge in [0.05, 0.1) is 16.6 Å². The van der Waals surface area contributed by atoms with Gasteiger partial charge in [-0.3, -0.25) is 4.90 Å². The van der Waals surface area contributed by atoms with Crippen LogP contribution in [0.3, 0.4) is 0 Å². The van der Waals surface area contributed by atoms with Gasteiger partial charge in [0.15, 0.2) is 0 Å². The first kappa shape index (κ1) is 22.8. The number of primary sulfonamides is 1. The molecule has 7 nitrogen and oxygen atoms in total. The molecular weight excluding hydrogens is 433 g/mol. The van der Waals surface area contributed by atoms with E-state index in [2.05, 4.69) is 5.32 Å². The van der Waals surface area contributed by atoms with Gasteiger partial charge in [-0.25, -0.2) is 30.8 Å². The maximum atomic E-state index is 13.0. The van der Waals surface area contributed by atoms with Crippen LogP contribution in [0, 0.1) is 0 Å². The van der Waals surface area contributed by atoms with Crippen molar-refractivity contribution in [2.75, 3.05) is 31.8 Å². The molecule has 14 heteroatoms. The van der Waals surface area contributed by atoms with Crippen molar-refractivity contribution in [3.05, 3.63) is 18.2 Å². The van der Waals surface area contributed by atoms with Gasteiger partial charge in [0.2, 0.25) is 10.0 Å². The molecule has 2 rings (SSSR count). The number of nitrogens with zero attached hydrogens (tertiary/aromatic N) is 1. The summed E-state index contributed by atoms with van der Waals surface area (Å²) in [6.07, 6.45) is 0.291. The quantitative estimate of drug-likeness (QED) is 0.607. The first-order valence-corrected chi connectivity index (χ1v) is 10.9. The average Bonchev–Trinajstić information content (AvgIpc) is 3.02. The molecule has 0 unspecified atom stereocenters. The highest BCUT2D eigenvalue weighted by Gasteiger charge is 2.48. The van der Waals surface area contributed by atoms with Gasteiger partial charge in [0.1, 0.15) is 18.2 Å². The molecule has 1 aromatic rings. The summed E-state index contributed by atoms with van der Waals surface area (Å²) >= 11 is 0. The maximum Gasteiger partial charge on any atom is 0.501 e. The van der Waals surface area contributed by atoms with Crippen LogP contribution >= 0.6 is 0 Å². The van der Waals surface area contributed by atoms with E-state index in [1.807, 2.05) is 0 Å². The molecule has 1 heterocycles. The lowest BCUT2D eigenvalue weighted by atomic mass is 10.2. The standard InChI is InChI=1S/C14H18F5N3O4S2/c15-6-10(7-16)22-4-3-9(8-22)21-12-2-1-11(28(20,25)26)5-13(12)27(23,24)14(17,18)19/h1-2,5,9-10,21H,3-4,6-8H2,(H2,20,25,26)/t9-/m1/s1. The Bertz CT molecular complexity index is 917. The third-order valence-corrected chi connectivity index (χ3v) is 6.76. The number of anilines is 1. The first-order chi connectivity index (χ1) is 12.8. The summed E-state index contributed by atoms with van der Waals surface area (Å²) < 4.78 is 111. The van der Waals surface area contributed by atoms with Crippen molar-refractivity contribution < 1.29 is 38.8 Å². The minimum Gasteiger partial charge on any atom is -0.380 e. The van der Waals surface area contributed by atoms with Gasteiger partial charge in [-0.05, 0) is 24.6 Å². The number of halogens is 5. The summed E-state index contributed by atoms with van der Waals surface area (Å²) in [6, 6.07) is 0.478. The maximum absolute atomic E-state index is 13.0.